The van der Waals surface area contributed by atoms with E-state index < -0.39 is 11.7 Å². The van der Waals surface area contributed by atoms with Gasteiger partial charge < -0.3 is 5.32 Å². The predicted octanol–water partition coefficient (Wildman–Crippen LogP) is 6.40. The third kappa shape index (κ3) is 5.97. The number of hydrogen-bond donors (Lipinski definition) is 1. The monoisotopic (exact) mass is 397 g/mol. The minimum Gasteiger partial charge on any atom is -0.309 e. The summed E-state index contributed by atoms with van der Waals surface area (Å²) in [7, 11) is 0. The highest BCUT2D eigenvalue weighted by molar-refractivity contribution is 6.00. The second kappa shape index (κ2) is 9.94. The van der Waals surface area contributed by atoms with E-state index in [0.717, 1.165) is 38.2 Å². The number of halogens is 3. The molecule has 28 heavy (non-hydrogen) atoms. The van der Waals surface area contributed by atoms with Crippen molar-refractivity contribution in [3.63, 3.8) is 0 Å². The summed E-state index contributed by atoms with van der Waals surface area (Å²) in [5.74, 6) is 0.124. The summed E-state index contributed by atoms with van der Waals surface area (Å²) in [5.41, 5.74) is -0.670. The smallest absolute Gasteiger partial charge is 0.309 e. The number of anilines is 1. The average Bonchev–Trinajstić information content (AvgIpc) is 2.94. The second-order valence-corrected chi connectivity index (χ2v) is 7.69. The predicted molar refractivity (Wildman–Crippen MR) is 106 cm³/mol. The first kappa shape index (κ1) is 22.2. The van der Waals surface area contributed by atoms with E-state index in [1.54, 1.807) is 6.07 Å². The standard InChI is InChI=1S/C21H30F3N3O/c1-4-5-6-7-8-9-13-27-19-16(11-10-12-17(19)21(22,23)24)20(26-27)25-18(28)14-15(2)3/h10-12,15H,4-9,13-14H2,1-3H3,(H,25,26,28). The van der Waals surface area contributed by atoms with Gasteiger partial charge in [0.1, 0.15) is 0 Å². The number of benzene rings is 1. The number of rotatable bonds is 10. The van der Waals surface area contributed by atoms with Gasteiger partial charge in [-0.2, -0.15) is 18.3 Å². The van der Waals surface area contributed by atoms with Crippen molar-refractivity contribution in [2.24, 2.45) is 5.92 Å². The molecule has 0 aliphatic rings. The Morgan fingerprint density at radius 1 is 1.14 bits per heavy atom. The first-order chi connectivity index (χ1) is 13.2. The minimum absolute atomic E-state index is 0.0448. The van der Waals surface area contributed by atoms with Gasteiger partial charge in [-0.25, -0.2) is 0 Å². The van der Waals surface area contributed by atoms with E-state index in [4.69, 9.17) is 0 Å². The quantitative estimate of drug-likeness (QED) is 0.472. The number of amides is 1. The summed E-state index contributed by atoms with van der Waals surface area (Å²) in [6, 6.07) is 4.02. The summed E-state index contributed by atoms with van der Waals surface area (Å²) in [5, 5.41) is 7.36. The number of nitrogens with one attached hydrogen (secondary N) is 1. The maximum Gasteiger partial charge on any atom is 0.418 e. The molecule has 0 aliphatic carbocycles. The zero-order chi connectivity index (χ0) is 20.7. The molecule has 156 valence electrons. The maximum absolute atomic E-state index is 13.5. The van der Waals surface area contributed by atoms with Crippen molar-refractivity contribution in [3.8, 4) is 0 Å². The van der Waals surface area contributed by atoms with Gasteiger partial charge >= 0.3 is 6.18 Å². The van der Waals surface area contributed by atoms with Gasteiger partial charge in [-0.3, -0.25) is 9.48 Å². The van der Waals surface area contributed by atoms with Gasteiger partial charge in [-0.1, -0.05) is 58.9 Å². The Kier molecular flexibility index (Phi) is 7.89. The van der Waals surface area contributed by atoms with Crippen molar-refractivity contribution in [2.75, 3.05) is 5.32 Å². The lowest BCUT2D eigenvalue weighted by Crippen LogP contribution is -2.14. The molecule has 0 radical (unpaired) electrons. The minimum atomic E-state index is -4.47. The van der Waals surface area contributed by atoms with Crippen LogP contribution in [-0.4, -0.2) is 15.7 Å². The van der Waals surface area contributed by atoms with Crippen LogP contribution < -0.4 is 5.32 Å². The molecule has 1 aromatic carbocycles. The largest absolute Gasteiger partial charge is 0.418 e. The van der Waals surface area contributed by atoms with Gasteiger partial charge in [0.25, 0.3) is 0 Å². The van der Waals surface area contributed by atoms with E-state index in [2.05, 4.69) is 17.3 Å². The van der Waals surface area contributed by atoms with Gasteiger partial charge in [-0.05, 0) is 24.5 Å². The van der Waals surface area contributed by atoms with Crippen LogP contribution in [0.5, 0.6) is 0 Å². The molecule has 0 saturated heterocycles. The average molecular weight is 397 g/mol. The van der Waals surface area contributed by atoms with E-state index in [9.17, 15) is 18.0 Å². The highest BCUT2D eigenvalue weighted by Crippen LogP contribution is 2.37. The molecular weight excluding hydrogens is 367 g/mol. The van der Waals surface area contributed by atoms with Crippen molar-refractivity contribution < 1.29 is 18.0 Å². The Bertz CT molecular complexity index is 781. The van der Waals surface area contributed by atoms with Crippen molar-refractivity contribution in [2.45, 2.75) is 78.4 Å². The summed E-state index contributed by atoms with van der Waals surface area (Å²) in [6.07, 6.45) is 2.06. The molecule has 0 spiro atoms. The third-order valence-electron chi connectivity index (χ3n) is 4.65. The van der Waals surface area contributed by atoms with Crippen molar-refractivity contribution in [3.05, 3.63) is 23.8 Å². The molecule has 0 aliphatic heterocycles. The molecule has 0 atom stereocenters. The number of hydrogen-bond acceptors (Lipinski definition) is 2. The molecule has 1 N–H and O–H groups in total. The fourth-order valence-corrected chi connectivity index (χ4v) is 3.32. The van der Waals surface area contributed by atoms with Crippen LogP contribution in [0.3, 0.4) is 0 Å². The van der Waals surface area contributed by atoms with Crippen LogP contribution in [0.15, 0.2) is 18.2 Å². The first-order valence-corrected chi connectivity index (χ1v) is 10.1. The van der Waals surface area contributed by atoms with Crippen LogP contribution in [0, 0.1) is 5.92 Å². The summed E-state index contributed by atoms with van der Waals surface area (Å²) in [4.78, 5) is 12.1. The lowest BCUT2D eigenvalue weighted by molar-refractivity contribution is -0.136. The van der Waals surface area contributed by atoms with Crippen molar-refractivity contribution in [1.29, 1.82) is 0 Å². The third-order valence-corrected chi connectivity index (χ3v) is 4.65. The summed E-state index contributed by atoms with van der Waals surface area (Å²) in [6.45, 7) is 6.37. The Morgan fingerprint density at radius 2 is 1.82 bits per heavy atom. The Hall–Kier alpha value is -2.05. The summed E-state index contributed by atoms with van der Waals surface area (Å²) >= 11 is 0. The molecule has 7 heteroatoms. The maximum atomic E-state index is 13.5. The van der Waals surface area contributed by atoms with Crippen LogP contribution >= 0.6 is 0 Å². The van der Waals surface area contributed by atoms with Gasteiger partial charge in [0.2, 0.25) is 5.91 Å². The lowest BCUT2D eigenvalue weighted by atomic mass is 10.1. The van der Waals surface area contributed by atoms with Crippen molar-refractivity contribution >= 4 is 22.6 Å². The lowest BCUT2D eigenvalue weighted by Gasteiger charge is -2.11. The molecule has 1 aromatic heterocycles. The number of para-hydroxylation sites is 1. The molecule has 0 fully saturated rings. The second-order valence-electron chi connectivity index (χ2n) is 7.69. The highest BCUT2D eigenvalue weighted by atomic mass is 19.4. The van der Waals surface area contributed by atoms with E-state index >= 15 is 0 Å². The van der Waals surface area contributed by atoms with Crippen LogP contribution in [-0.2, 0) is 17.5 Å². The van der Waals surface area contributed by atoms with E-state index in [1.807, 2.05) is 13.8 Å². The number of unbranched alkanes of at least 4 members (excludes halogenated alkanes) is 5. The topological polar surface area (TPSA) is 46.9 Å². The molecule has 0 unspecified atom stereocenters. The van der Waals surface area contributed by atoms with E-state index in [1.165, 1.54) is 17.2 Å². The molecule has 0 saturated carbocycles. The normalized spacial score (nSPS) is 12.1. The number of carbonyl (C=O) groups is 1. The van der Waals surface area contributed by atoms with Gasteiger partial charge in [0, 0.05) is 18.4 Å². The number of aromatic nitrogens is 2. The number of carbonyl (C=O) groups excluding carboxylic acids is 1. The molecule has 0 bridgehead atoms. The fraction of sp³-hybridized carbons (Fsp3) is 0.619. The molecule has 4 nitrogen and oxygen atoms in total. The highest BCUT2D eigenvalue weighted by Gasteiger charge is 2.34. The molecule has 1 amide bonds. The number of aryl methyl sites for hydroxylation is 1. The summed E-state index contributed by atoms with van der Waals surface area (Å²) < 4.78 is 42.0. The van der Waals surface area contributed by atoms with Crippen LogP contribution in [0.1, 0.15) is 71.3 Å². The number of nitrogens with zero attached hydrogens (tertiary/aromatic N) is 2. The van der Waals surface area contributed by atoms with E-state index in [-0.39, 0.29) is 23.2 Å². The van der Waals surface area contributed by atoms with Gasteiger partial charge in [-0.15, -0.1) is 0 Å². The van der Waals surface area contributed by atoms with E-state index in [0.29, 0.717) is 18.4 Å². The Balaban J connectivity index is 2.28. The molecule has 1 heterocycles. The zero-order valence-electron chi connectivity index (χ0n) is 16.9. The fourth-order valence-electron chi connectivity index (χ4n) is 3.32. The van der Waals surface area contributed by atoms with Crippen LogP contribution in [0.2, 0.25) is 0 Å². The first-order valence-electron chi connectivity index (χ1n) is 10.1. The Morgan fingerprint density at radius 3 is 2.46 bits per heavy atom. The molecule has 2 rings (SSSR count). The number of fused-ring (bicyclic) bond motifs is 1. The molecule has 2 aromatic rings. The van der Waals surface area contributed by atoms with Gasteiger partial charge in [0.15, 0.2) is 5.82 Å². The van der Waals surface area contributed by atoms with Crippen molar-refractivity contribution in [1.82, 2.24) is 9.78 Å². The number of alkyl halides is 3. The SMILES string of the molecule is CCCCCCCCn1nc(NC(=O)CC(C)C)c2cccc(C(F)(F)F)c21. The molecular formula is C21H30F3N3O. The van der Waals surface area contributed by atoms with Crippen LogP contribution in [0.25, 0.3) is 10.9 Å². The Labute approximate surface area is 164 Å². The van der Waals surface area contributed by atoms with Gasteiger partial charge in [0.05, 0.1) is 11.1 Å². The van der Waals surface area contributed by atoms with Crippen LogP contribution in [0.4, 0.5) is 19.0 Å². The zero-order valence-corrected chi connectivity index (χ0v) is 16.9.